The Kier molecular flexibility index (Phi) is 11.4. The third-order valence-electron chi connectivity index (χ3n) is 7.78. The molecule has 4 rings (SSSR count). The molecule has 230 valence electrons. The van der Waals surface area contributed by atoms with E-state index < -0.39 is 26.3 Å². The van der Waals surface area contributed by atoms with Crippen LogP contribution in [0, 0.1) is 0 Å². The number of halogens is 1. The van der Waals surface area contributed by atoms with Crippen LogP contribution in [-0.4, -0.2) is 48.9 Å². The molecule has 0 aliphatic carbocycles. The Bertz CT molecular complexity index is 1280. The molecule has 0 saturated carbocycles. The summed E-state index contributed by atoms with van der Waals surface area (Å²) in [5.41, 5.74) is 0.507. The molecule has 0 amide bonds. The predicted octanol–water partition coefficient (Wildman–Crippen LogP) is 7.47. The van der Waals surface area contributed by atoms with Crippen LogP contribution >= 0.6 is 22.6 Å². The van der Waals surface area contributed by atoms with Crippen LogP contribution in [-0.2, 0) is 18.6 Å². The second kappa shape index (κ2) is 14.7. The van der Waals surface area contributed by atoms with Gasteiger partial charge in [0.1, 0.15) is 12.2 Å². The number of rotatable bonds is 12. The smallest absolute Gasteiger partial charge is 0.338 e. The fourth-order valence-electron chi connectivity index (χ4n) is 5.90. The van der Waals surface area contributed by atoms with E-state index in [4.69, 9.17) is 18.6 Å². The highest BCUT2D eigenvalue weighted by atomic mass is 127. The zero-order valence-corrected chi connectivity index (χ0v) is 29.3. The molecule has 5 nitrogen and oxygen atoms in total. The van der Waals surface area contributed by atoms with Crippen molar-refractivity contribution in [1.29, 1.82) is 0 Å². The number of ether oxygens (including phenoxy) is 3. The summed E-state index contributed by atoms with van der Waals surface area (Å²) in [6.45, 7) is 12.8. The average Bonchev–Trinajstić information content (AvgIpc) is 3.29. The van der Waals surface area contributed by atoms with Gasteiger partial charge in [0.15, 0.2) is 5.79 Å². The molecule has 43 heavy (non-hydrogen) atoms. The van der Waals surface area contributed by atoms with Crippen molar-refractivity contribution in [3.05, 3.63) is 109 Å². The van der Waals surface area contributed by atoms with Crippen LogP contribution in [0.25, 0.3) is 0 Å². The summed E-state index contributed by atoms with van der Waals surface area (Å²) in [5.74, 6) is -1.14. The highest BCUT2D eigenvalue weighted by Gasteiger charge is 2.51. The molecule has 0 spiro atoms. The number of alkyl halides is 1. The largest absolute Gasteiger partial charge is 0.452 e. The molecule has 1 fully saturated rings. The van der Waals surface area contributed by atoms with Gasteiger partial charge in [-0.05, 0) is 67.2 Å². The molecule has 0 radical (unpaired) electrons. The van der Waals surface area contributed by atoms with Gasteiger partial charge in [0, 0.05) is 10.5 Å². The molecule has 7 heteroatoms. The lowest BCUT2D eigenvalue weighted by Crippen LogP contribution is -2.67. The van der Waals surface area contributed by atoms with Crippen LogP contribution in [0.15, 0.2) is 103 Å². The zero-order chi connectivity index (χ0) is 31.1. The molecule has 3 aromatic rings. The van der Waals surface area contributed by atoms with Gasteiger partial charge in [0.2, 0.25) is 0 Å². The third kappa shape index (κ3) is 8.25. The molecule has 4 atom stereocenters. The van der Waals surface area contributed by atoms with Gasteiger partial charge in [-0.15, -0.1) is 0 Å². The molecule has 1 aliphatic heterocycles. The van der Waals surface area contributed by atoms with E-state index in [0.29, 0.717) is 12.0 Å². The second-order valence-electron chi connectivity index (χ2n) is 12.6. The van der Waals surface area contributed by atoms with Crippen LogP contribution in [0.1, 0.15) is 64.7 Å². The van der Waals surface area contributed by atoms with Gasteiger partial charge in [-0.3, -0.25) is 0 Å². The Morgan fingerprint density at radius 1 is 0.930 bits per heavy atom. The van der Waals surface area contributed by atoms with E-state index in [1.165, 1.54) is 10.4 Å². The Balaban J connectivity index is 1.61. The fourth-order valence-corrected chi connectivity index (χ4v) is 11.2. The Labute approximate surface area is 272 Å². The lowest BCUT2D eigenvalue weighted by molar-refractivity contribution is -0.153. The van der Waals surface area contributed by atoms with E-state index >= 15 is 0 Å². The van der Waals surface area contributed by atoms with Crippen molar-refractivity contribution >= 4 is 47.3 Å². The minimum Gasteiger partial charge on any atom is -0.452 e. The Hall–Kier alpha value is -2.30. The van der Waals surface area contributed by atoms with E-state index in [0.717, 1.165) is 10.8 Å². The van der Waals surface area contributed by atoms with Crippen molar-refractivity contribution in [2.24, 2.45) is 0 Å². The molecule has 0 N–H and O–H groups in total. The number of carbonyl (C=O) groups is 1. The maximum Gasteiger partial charge on any atom is 0.338 e. The molecule has 1 aliphatic rings. The monoisotopic (exact) mass is 712 g/mol. The van der Waals surface area contributed by atoms with Crippen LogP contribution in [0.4, 0.5) is 0 Å². The van der Waals surface area contributed by atoms with Crippen molar-refractivity contribution in [2.45, 2.75) is 89.6 Å². The standard InChI is InChI=1S/C36H45IO5Si/c1-27(42-43(35(2,3)4,29-20-12-8-13-21-29)30-22-14-9-15-23-30)17-16-24-31(39-34(38)28-18-10-7-11-19-28)33-32(25-26-37)40-36(5,6)41-33/h7-16,18-24,27,31-33H,17,25-26H2,1-6H3/b24-16-/t27-,31?,32+,33-/m1/s1. The molecule has 0 aromatic heterocycles. The molecule has 3 aromatic carbocycles. The SMILES string of the molecule is C[C@H](C/C=C\C(OC(=O)c1ccccc1)[C@H]1OC(C)(C)O[C@H]1CCI)O[Si](c1ccccc1)(c1ccccc1)C(C)(C)C. The number of benzene rings is 3. The molecule has 1 heterocycles. The van der Waals surface area contributed by atoms with Crippen molar-refractivity contribution in [3.63, 3.8) is 0 Å². The van der Waals surface area contributed by atoms with E-state index in [9.17, 15) is 4.79 Å². The van der Waals surface area contributed by atoms with E-state index in [1.807, 2.05) is 38.1 Å². The normalized spacial score (nSPS) is 20.2. The quantitative estimate of drug-likeness (QED) is 0.0642. The summed E-state index contributed by atoms with van der Waals surface area (Å²) in [7, 11) is -2.69. The van der Waals surface area contributed by atoms with Crippen molar-refractivity contribution < 1.29 is 23.4 Å². The van der Waals surface area contributed by atoms with Crippen LogP contribution < -0.4 is 10.4 Å². The number of carbonyl (C=O) groups excluding carboxylic acids is 1. The molecular weight excluding hydrogens is 667 g/mol. The van der Waals surface area contributed by atoms with Gasteiger partial charge in [-0.1, -0.05) is 128 Å². The average molecular weight is 713 g/mol. The predicted molar refractivity (Wildman–Crippen MR) is 185 cm³/mol. The third-order valence-corrected chi connectivity index (χ3v) is 13.6. The summed E-state index contributed by atoms with van der Waals surface area (Å²) in [6, 6.07) is 30.4. The second-order valence-corrected chi connectivity index (χ2v) is 17.9. The topological polar surface area (TPSA) is 54.0 Å². The molecular formula is C36H45IO5Si. The first kappa shape index (κ1) is 33.6. The maximum atomic E-state index is 13.2. The van der Waals surface area contributed by atoms with Crippen LogP contribution in [0.3, 0.4) is 0 Å². The van der Waals surface area contributed by atoms with Gasteiger partial charge in [-0.2, -0.15) is 0 Å². The van der Waals surface area contributed by atoms with Gasteiger partial charge < -0.3 is 18.6 Å². The number of hydrogen-bond donors (Lipinski definition) is 0. The van der Waals surface area contributed by atoms with E-state index in [-0.39, 0.29) is 23.2 Å². The molecule has 1 unspecified atom stereocenters. The molecule has 1 saturated heterocycles. The minimum atomic E-state index is -2.69. The van der Waals surface area contributed by atoms with Crippen molar-refractivity contribution in [2.75, 3.05) is 4.43 Å². The first-order chi connectivity index (χ1) is 20.5. The van der Waals surface area contributed by atoms with E-state index in [1.54, 1.807) is 12.1 Å². The highest BCUT2D eigenvalue weighted by molar-refractivity contribution is 14.1. The summed E-state index contributed by atoms with van der Waals surface area (Å²) in [5, 5.41) is 2.38. The van der Waals surface area contributed by atoms with Gasteiger partial charge in [-0.25, -0.2) is 4.79 Å². The Morgan fingerprint density at radius 3 is 1.98 bits per heavy atom. The summed E-state index contributed by atoms with van der Waals surface area (Å²) >= 11 is 2.35. The first-order valence-electron chi connectivity index (χ1n) is 15.1. The summed E-state index contributed by atoms with van der Waals surface area (Å²) in [4.78, 5) is 13.2. The van der Waals surface area contributed by atoms with E-state index in [2.05, 4.69) is 117 Å². The first-order valence-corrected chi connectivity index (χ1v) is 18.5. The van der Waals surface area contributed by atoms with Crippen molar-refractivity contribution in [1.82, 2.24) is 0 Å². The lowest BCUT2D eigenvalue weighted by Gasteiger charge is -2.44. The highest BCUT2D eigenvalue weighted by Crippen LogP contribution is 2.38. The Morgan fingerprint density at radius 2 is 1.47 bits per heavy atom. The van der Waals surface area contributed by atoms with Crippen LogP contribution in [0.5, 0.6) is 0 Å². The van der Waals surface area contributed by atoms with Gasteiger partial charge in [0.05, 0.1) is 11.7 Å². The number of hydrogen-bond acceptors (Lipinski definition) is 5. The fraction of sp³-hybridized carbons (Fsp3) is 0.417. The van der Waals surface area contributed by atoms with Gasteiger partial charge >= 0.3 is 5.97 Å². The zero-order valence-electron chi connectivity index (χ0n) is 26.2. The molecule has 0 bridgehead atoms. The summed E-state index contributed by atoms with van der Waals surface area (Å²) in [6.07, 6.45) is 4.19. The number of esters is 1. The van der Waals surface area contributed by atoms with Crippen molar-refractivity contribution in [3.8, 4) is 0 Å². The van der Waals surface area contributed by atoms with Gasteiger partial charge in [0.25, 0.3) is 8.32 Å². The lowest BCUT2D eigenvalue weighted by atomic mass is 10.0. The summed E-state index contributed by atoms with van der Waals surface area (Å²) < 4.78 is 26.8. The minimum absolute atomic E-state index is 0.0876. The maximum absolute atomic E-state index is 13.2. The van der Waals surface area contributed by atoms with Crippen LogP contribution in [0.2, 0.25) is 5.04 Å².